The van der Waals surface area contributed by atoms with E-state index in [1.807, 2.05) is 0 Å². The molecule has 0 aromatic heterocycles. The van der Waals surface area contributed by atoms with Crippen LogP contribution >= 0.6 is 8.60 Å². The highest BCUT2D eigenvalue weighted by atomic mass is 31.2. The molecule has 0 heterocycles. The fourth-order valence-corrected chi connectivity index (χ4v) is 1.78. The number of rotatable bonds is 15. The zero-order valence-corrected chi connectivity index (χ0v) is 14.4. The van der Waals surface area contributed by atoms with Crippen LogP contribution in [0.3, 0.4) is 0 Å². The van der Waals surface area contributed by atoms with Gasteiger partial charge in [0.1, 0.15) is 6.61 Å². The molecule has 0 radical (unpaired) electrons. The lowest BCUT2D eigenvalue weighted by Crippen LogP contribution is -2.44. The average Bonchev–Trinajstić information content (AvgIpc) is 2.46. The van der Waals surface area contributed by atoms with E-state index in [1.165, 1.54) is 0 Å². The molecular weight excluding hydrogens is 295 g/mol. The molecule has 0 saturated heterocycles. The highest BCUT2D eigenvalue weighted by Gasteiger charge is 2.35. The van der Waals surface area contributed by atoms with E-state index in [1.54, 1.807) is 0 Å². The Balaban J connectivity index is 4.60. The molecule has 0 aliphatic heterocycles. The molecular formula is C14H31O6P. The lowest BCUT2D eigenvalue weighted by atomic mass is 10.3. The average molecular weight is 326 g/mol. The molecule has 21 heavy (non-hydrogen) atoms. The molecule has 128 valence electrons. The zero-order valence-electron chi connectivity index (χ0n) is 13.5. The minimum atomic E-state index is -2.46. The van der Waals surface area contributed by atoms with Crippen molar-refractivity contribution in [3.8, 4) is 0 Å². The van der Waals surface area contributed by atoms with Gasteiger partial charge in [-0.05, 0) is 19.3 Å². The van der Waals surface area contributed by atoms with Crippen LogP contribution in [0.4, 0.5) is 0 Å². The predicted molar refractivity (Wildman–Crippen MR) is 82.6 cm³/mol. The SMILES string of the molecule is CCCCOC(COP(O)O)(OCCCC)OCCCC. The Morgan fingerprint density at radius 1 is 0.762 bits per heavy atom. The summed E-state index contributed by atoms with van der Waals surface area (Å²) < 4.78 is 22.1. The molecule has 0 spiro atoms. The van der Waals surface area contributed by atoms with Crippen molar-refractivity contribution in [1.29, 1.82) is 0 Å². The summed E-state index contributed by atoms with van der Waals surface area (Å²) in [4.78, 5) is 17.9. The molecule has 0 saturated carbocycles. The largest absolute Gasteiger partial charge is 0.328 e. The van der Waals surface area contributed by atoms with Crippen molar-refractivity contribution in [1.82, 2.24) is 0 Å². The van der Waals surface area contributed by atoms with Gasteiger partial charge in [0.2, 0.25) is 0 Å². The summed E-state index contributed by atoms with van der Waals surface area (Å²) in [5, 5.41) is 0. The smallest absolute Gasteiger partial charge is 0.327 e. The van der Waals surface area contributed by atoms with Crippen LogP contribution in [-0.2, 0) is 18.7 Å². The summed E-state index contributed by atoms with van der Waals surface area (Å²) in [6.45, 7) is 7.49. The van der Waals surface area contributed by atoms with Crippen LogP contribution in [0.25, 0.3) is 0 Å². The maximum Gasteiger partial charge on any atom is 0.327 e. The first-order valence-electron chi connectivity index (χ1n) is 7.82. The van der Waals surface area contributed by atoms with Crippen LogP contribution in [-0.4, -0.2) is 42.2 Å². The third-order valence-electron chi connectivity index (χ3n) is 2.82. The van der Waals surface area contributed by atoms with Crippen LogP contribution in [0.5, 0.6) is 0 Å². The fourth-order valence-electron chi connectivity index (χ4n) is 1.50. The van der Waals surface area contributed by atoms with Crippen LogP contribution in [0.15, 0.2) is 0 Å². The Morgan fingerprint density at radius 3 is 1.43 bits per heavy atom. The number of ether oxygens (including phenoxy) is 3. The summed E-state index contributed by atoms with van der Waals surface area (Å²) in [5.74, 6) is -1.34. The quantitative estimate of drug-likeness (QED) is 0.273. The first kappa shape index (κ1) is 21.2. The van der Waals surface area contributed by atoms with Gasteiger partial charge in [-0.2, -0.15) is 0 Å². The number of hydrogen-bond donors (Lipinski definition) is 2. The van der Waals surface area contributed by atoms with E-state index >= 15 is 0 Å². The molecule has 0 fully saturated rings. The topological polar surface area (TPSA) is 77.4 Å². The molecule has 0 rings (SSSR count). The highest BCUT2D eigenvalue weighted by molar-refractivity contribution is 7.39. The molecule has 7 heteroatoms. The molecule has 0 aromatic rings. The van der Waals surface area contributed by atoms with E-state index in [0.717, 1.165) is 38.5 Å². The monoisotopic (exact) mass is 326 g/mol. The van der Waals surface area contributed by atoms with Crippen LogP contribution in [0.2, 0.25) is 0 Å². The second-order valence-corrected chi connectivity index (χ2v) is 5.58. The third kappa shape index (κ3) is 11.4. The summed E-state index contributed by atoms with van der Waals surface area (Å²) in [6.07, 6.45) is 5.61. The number of hydrogen-bond acceptors (Lipinski definition) is 6. The number of unbranched alkanes of at least 4 members (excludes halogenated alkanes) is 3. The summed E-state index contributed by atoms with van der Waals surface area (Å²) in [6, 6.07) is 0. The van der Waals surface area contributed by atoms with Gasteiger partial charge in [-0.15, -0.1) is 0 Å². The summed E-state index contributed by atoms with van der Waals surface area (Å²) in [5.41, 5.74) is 0. The molecule has 0 aliphatic carbocycles. The van der Waals surface area contributed by atoms with Crippen molar-refractivity contribution in [2.45, 2.75) is 65.3 Å². The van der Waals surface area contributed by atoms with E-state index < -0.39 is 14.6 Å². The molecule has 0 amide bonds. The van der Waals surface area contributed by atoms with Gasteiger partial charge < -0.3 is 28.5 Å². The Hall–Kier alpha value is 0.190. The fraction of sp³-hybridized carbons (Fsp3) is 1.00. The second kappa shape index (κ2) is 13.8. The lowest BCUT2D eigenvalue weighted by molar-refractivity contribution is -0.389. The van der Waals surface area contributed by atoms with Gasteiger partial charge in [-0.25, -0.2) is 0 Å². The molecule has 0 aromatic carbocycles. The van der Waals surface area contributed by atoms with Crippen molar-refractivity contribution in [3.63, 3.8) is 0 Å². The van der Waals surface area contributed by atoms with E-state index in [9.17, 15) is 0 Å². The summed E-state index contributed by atoms with van der Waals surface area (Å²) >= 11 is 0. The van der Waals surface area contributed by atoms with Crippen LogP contribution < -0.4 is 0 Å². The molecule has 0 unspecified atom stereocenters. The van der Waals surface area contributed by atoms with E-state index in [0.29, 0.717) is 19.8 Å². The van der Waals surface area contributed by atoms with Gasteiger partial charge in [0.25, 0.3) is 0 Å². The summed E-state index contributed by atoms with van der Waals surface area (Å²) in [7, 11) is -2.46. The van der Waals surface area contributed by atoms with Gasteiger partial charge in [0.05, 0.1) is 19.8 Å². The van der Waals surface area contributed by atoms with Gasteiger partial charge in [0.15, 0.2) is 0 Å². The van der Waals surface area contributed by atoms with Gasteiger partial charge in [-0.3, -0.25) is 0 Å². The van der Waals surface area contributed by atoms with Gasteiger partial charge in [0, 0.05) is 0 Å². The zero-order chi connectivity index (χ0) is 16.0. The third-order valence-corrected chi connectivity index (χ3v) is 3.18. The first-order chi connectivity index (χ1) is 10.1. The Morgan fingerprint density at radius 2 is 1.14 bits per heavy atom. The molecule has 6 nitrogen and oxygen atoms in total. The highest BCUT2D eigenvalue weighted by Crippen LogP contribution is 2.29. The maximum absolute atomic E-state index is 8.96. The van der Waals surface area contributed by atoms with Crippen molar-refractivity contribution < 1.29 is 28.5 Å². The Kier molecular flexibility index (Phi) is 14.0. The van der Waals surface area contributed by atoms with Crippen molar-refractivity contribution in [3.05, 3.63) is 0 Å². The van der Waals surface area contributed by atoms with Crippen molar-refractivity contribution in [2.24, 2.45) is 0 Å². The molecule has 0 bridgehead atoms. The minimum Gasteiger partial charge on any atom is -0.328 e. The van der Waals surface area contributed by atoms with E-state index in [4.69, 9.17) is 28.5 Å². The normalized spacial score (nSPS) is 12.3. The predicted octanol–water partition coefficient (Wildman–Crippen LogP) is 3.32. The van der Waals surface area contributed by atoms with Crippen molar-refractivity contribution in [2.75, 3.05) is 26.4 Å². The second-order valence-electron chi connectivity index (χ2n) is 4.82. The molecule has 0 aliphatic rings. The Bertz CT molecular complexity index is 201. The van der Waals surface area contributed by atoms with Crippen LogP contribution in [0.1, 0.15) is 59.3 Å². The molecule has 0 atom stereocenters. The minimum absolute atomic E-state index is 0.150. The lowest BCUT2D eigenvalue weighted by Gasteiger charge is -2.33. The molecule has 2 N–H and O–H groups in total. The van der Waals surface area contributed by atoms with Gasteiger partial charge in [-0.1, -0.05) is 40.0 Å². The van der Waals surface area contributed by atoms with Crippen molar-refractivity contribution >= 4 is 8.60 Å². The van der Waals surface area contributed by atoms with Crippen LogP contribution in [0, 0.1) is 0 Å². The Labute approximate surface area is 129 Å². The first-order valence-corrected chi connectivity index (χ1v) is 8.99. The van der Waals surface area contributed by atoms with E-state index in [2.05, 4.69) is 20.8 Å². The van der Waals surface area contributed by atoms with Gasteiger partial charge >= 0.3 is 14.6 Å². The maximum atomic E-state index is 8.96. The van der Waals surface area contributed by atoms with E-state index in [-0.39, 0.29) is 6.61 Å². The standard InChI is InChI=1S/C14H31O6P/c1-4-7-10-17-14(13-20-21(15)16,18-11-8-5-2)19-12-9-6-3/h15-16H,4-13H2,1-3H3.